The van der Waals surface area contributed by atoms with E-state index in [-0.39, 0.29) is 24.8 Å². The topological polar surface area (TPSA) is 73.2 Å². The smallest absolute Gasteiger partial charge is 0.358 e. The molecule has 0 saturated carbocycles. The minimum atomic E-state index is -0.965. The van der Waals surface area contributed by atoms with E-state index in [1.807, 2.05) is 24.3 Å². The van der Waals surface area contributed by atoms with Crippen LogP contribution in [0.25, 0.3) is 16.9 Å². The molecule has 1 amide bonds. The molecule has 0 bridgehead atoms. The third-order valence-corrected chi connectivity index (χ3v) is 5.66. The van der Waals surface area contributed by atoms with E-state index in [1.54, 1.807) is 41.9 Å². The van der Waals surface area contributed by atoms with Crippen LogP contribution in [0.15, 0.2) is 72.8 Å². The van der Waals surface area contributed by atoms with Gasteiger partial charge in [0, 0.05) is 17.7 Å². The number of hydrogen-bond acceptors (Lipinski definition) is 4. The van der Waals surface area contributed by atoms with Gasteiger partial charge in [0.2, 0.25) is 0 Å². The van der Waals surface area contributed by atoms with Crippen molar-refractivity contribution in [3.8, 4) is 16.9 Å². The number of nitrogens with one attached hydrogen (secondary N) is 1. The van der Waals surface area contributed by atoms with E-state index in [1.165, 1.54) is 11.6 Å². The van der Waals surface area contributed by atoms with E-state index < -0.39 is 17.6 Å². The number of benzene rings is 3. The van der Waals surface area contributed by atoms with E-state index in [4.69, 9.17) is 4.74 Å². The molecule has 0 radical (unpaired) electrons. The highest BCUT2D eigenvalue weighted by molar-refractivity contribution is 5.94. The minimum absolute atomic E-state index is 0.0533. The first-order valence-corrected chi connectivity index (χ1v) is 11.6. The maximum absolute atomic E-state index is 13.4. The molecule has 4 aromatic rings. The molecule has 0 aliphatic rings. The van der Waals surface area contributed by atoms with Gasteiger partial charge in [-0.2, -0.15) is 5.10 Å². The van der Waals surface area contributed by atoms with Crippen LogP contribution in [0.5, 0.6) is 0 Å². The van der Waals surface area contributed by atoms with Gasteiger partial charge in [0.05, 0.1) is 18.0 Å². The maximum Gasteiger partial charge on any atom is 0.358 e. The van der Waals surface area contributed by atoms with Gasteiger partial charge in [0.1, 0.15) is 0 Å². The van der Waals surface area contributed by atoms with Crippen LogP contribution < -0.4 is 5.32 Å². The molecule has 4 rings (SSSR count). The fourth-order valence-corrected chi connectivity index (χ4v) is 3.69. The molecule has 0 spiro atoms. The van der Waals surface area contributed by atoms with Crippen LogP contribution in [-0.4, -0.2) is 28.3 Å². The van der Waals surface area contributed by atoms with Gasteiger partial charge in [0.25, 0.3) is 5.91 Å². The molecule has 1 heterocycles. The summed E-state index contributed by atoms with van der Waals surface area (Å²) in [6.45, 7) is 4.10. The Labute approximate surface area is 207 Å². The third kappa shape index (κ3) is 5.49. The first kappa shape index (κ1) is 24.8. The molecule has 0 unspecified atom stereocenters. The Bertz CT molecular complexity index is 1380. The van der Waals surface area contributed by atoms with Crippen molar-refractivity contribution in [3.63, 3.8) is 0 Å². The van der Waals surface area contributed by atoms with E-state index >= 15 is 0 Å². The summed E-state index contributed by atoms with van der Waals surface area (Å²) in [6.07, 6.45) is 0.910. The summed E-state index contributed by atoms with van der Waals surface area (Å²) in [5, 5.41) is 7.15. The molecule has 1 N–H and O–H groups in total. The van der Waals surface area contributed by atoms with E-state index in [0.29, 0.717) is 22.5 Å². The van der Waals surface area contributed by atoms with Gasteiger partial charge in [0.15, 0.2) is 17.3 Å². The fourth-order valence-electron chi connectivity index (χ4n) is 3.69. The monoisotopic (exact) mass is 489 g/mol. The molecular weight excluding hydrogens is 464 g/mol. The van der Waals surface area contributed by atoms with Crippen molar-refractivity contribution in [2.24, 2.45) is 0 Å². The lowest BCUT2D eigenvalue weighted by molar-refractivity contribution is 0.0518. The predicted molar refractivity (Wildman–Crippen MR) is 132 cm³/mol. The summed E-state index contributed by atoms with van der Waals surface area (Å²) in [5.74, 6) is -2.79. The summed E-state index contributed by atoms with van der Waals surface area (Å²) in [5.41, 5.74) is 4.43. The molecule has 6 nitrogen and oxygen atoms in total. The number of nitrogens with zero attached hydrogens (tertiary/aromatic N) is 2. The molecule has 3 aromatic carbocycles. The van der Waals surface area contributed by atoms with E-state index in [9.17, 15) is 18.4 Å². The molecule has 0 fully saturated rings. The van der Waals surface area contributed by atoms with Gasteiger partial charge in [-0.1, -0.05) is 37.3 Å². The number of amides is 1. The summed E-state index contributed by atoms with van der Waals surface area (Å²) in [4.78, 5) is 24.9. The molecular formula is C28H25F2N3O3. The molecule has 0 saturated heterocycles. The summed E-state index contributed by atoms with van der Waals surface area (Å²) in [6, 6.07) is 19.9. The van der Waals surface area contributed by atoms with Crippen molar-refractivity contribution in [1.82, 2.24) is 15.1 Å². The van der Waals surface area contributed by atoms with Crippen molar-refractivity contribution < 1.29 is 23.1 Å². The van der Waals surface area contributed by atoms with E-state index in [0.717, 1.165) is 24.1 Å². The number of esters is 1. The molecule has 1 aromatic heterocycles. The van der Waals surface area contributed by atoms with Crippen LogP contribution in [0.2, 0.25) is 0 Å². The Morgan fingerprint density at radius 3 is 2.22 bits per heavy atom. The first-order valence-electron chi connectivity index (χ1n) is 11.6. The third-order valence-electron chi connectivity index (χ3n) is 5.66. The maximum atomic E-state index is 13.4. The number of aromatic nitrogens is 2. The van der Waals surface area contributed by atoms with E-state index in [2.05, 4.69) is 17.3 Å². The molecule has 36 heavy (non-hydrogen) atoms. The molecule has 0 aliphatic carbocycles. The number of carbonyl (C=O) groups excluding carboxylic acids is 2. The molecule has 184 valence electrons. The number of aryl methyl sites for hydroxylation is 1. The zero-order valence-corrected chi connectivity index (χ0v) is 19.9. The van der Waals surface area contributed by atoms with Crippen molar-refractivity contribution in [2.45, 2.75) is 26.8 Å². The van der Waals surface area contributed by atoms with Gasteiger partial charge in [-0.15, -0.1) is 0 Å². The zero-order valence-electron chi connectivity index (χ0n) is 19.9. The zero-order chi connectivity index (χ0) is 25.7. The van der Waals surface area contributed by atoms with Gasteiger partial charge >= 0.3 is 5.97 Å². The first-order chi connectivity index (χ1) is 17.4. The van der Waals surface area contributed by atoms with Crippen molar-refractivity contribution in [3.05, 3.63) is 107 Å². The second-order valence-corrected chi connectivity index (χ2v) is 8.08. The second-order valence-electron chi connectivity index (χ2n) is 8.08. The Hall–Kier alpha value is -4.33. The Morgan fingerprint density at radius 1 is 0.889 bits per heavy atom. The van der Waals surface area contributed by atoms with Crippen LogP contribution >= 0.6 is 0 Å². The lowest BCUT2D eigenvalue weighted by atomic mass is 10.1. The standard InChI is InChI=1S/C28H25F2N3O3/c1-3-18-5-8-20(9-6-18)26-16-25(28(35)36-4-2)32-33(26)22-12-10-21(11-13-22)27(34)31-17-19-7-14-23(29)24(30)15-19/h5-16H,3-4,17H2,1-2H3,(H,31,34). The van der Waals surface area contributed by atoms with Crippen molar-refractivity contribution in [1.29, 1.82) is 0 Å². The Kier molecular flexibility index (Phi) is 7.53. The highest BCUT2D eigenvalue weighted by Gasteiger charge is 2.18. The number of rotatable bonds is 8. The number of carbonyl (C=O) groups is 2. The average Bonchev–Trinajstić information content (AvgIpc) is 3.35. The Balaban J connectivity index is 1.58. The summed E-state index contributed by atoms with van der Waals surface area (Å²) in [7, 11) is 0. The molecule has 0 atom stereocenters. The highest BCUT2D eigenvalue weighted by Crippen LogP contribution is 2.25. The normalized spacial score (nSPS) is 10.8. The number of hydrogen-bond donors (Lipinski definition) is 1. The predicted octanol–water partition coefficient (Wildman–Crippen LogP) is 5.49. The van der Waals surface area contributed by atoms with Gasteiger partial charge < -0.3 is 10.1 Å². The van der Waals surface area contributed by atoms with Gasteiger partial charge in [-0.25, -0.2) is 18.3 Å². The van der Waals surface area contributed by atoms with Gasteiger partial charge in [-0.05, 0) is 66.9 Å². The van der Waals surface area contributed by atoms with Crippen LogP contribution in [0.3, 0.4) is 0 Å². The van der Waals surface area contributed by atoms with Gasteiger partial charge in [-0.3, -0.25) is 4.79 Å². The average molecular weight is 490 g/mol. The number of halogens is 2. The number of ether oxygens (including phenoxy) is 1. The fraction of sp³-hybridized carbons (Fsp3) is 0.179. The quantitative estimate of drug-likeness (QED) is 0.333. The second kappa shape index (κ2) is 10.9. The Morgan fingerprint density at radius 2 is 1.58 bits per heavy atom. The molecule has 8 heteroatoms. The van der Waals surface area contributed by atoms with Crippen LogP contribution in [0.4, 0.5) is 8.78 Å². The molecule has 0 aliphatic heterocycles. The van der Waals surface area contributed by atoms with Crippen molar-refractivity contribution >= 4 is 11.9 Å². The van der Waals surface area contributed by atoms with Crippen LogP contribution in [0, 0.1) is 11.6 Å². The lowest BCUT2D eigenvalue weighted by Crippen LogP contribution is -2.22. The minimum Gasteiger partial charge on any atom is -0.461 e. The van der Waals surface area contributed by atoms with Crippen molar-refractivity contribution in [2.75, 3.05) is 6.61 Å². The van der Waals surface area contributed by atoms with Crippen LogP contribution in [-0.2, 0) is 17.7 Å². The SMILES string of the molecule is CCOC(=O)c1cc(-c2ccc(CC)cc2)n(-c2ccc(C(=O)NCc3ccc(F)c(F)c3)cc2)n1. The summed E-state index contributed by atoms with van der Waals surface area (Å²) >= 11 is 0. The summed E-state index contributed by atoms with van der Waals surface area (Å²) < 4.78 is 33.3. The lowest BCUT2D eigenvalue weighted by Gasteiger charge is -2.10. The van der Waals surface area contributed by atoms with Crippen LogP contribution in [0.1, 0.15) is 45.8 Å². The largest absolute Gasteiger partial charge is 0.461 e. The highest BCUT2D eigenvalue weighted by atomic mass is 19.2.